The van der Waals surface area contributed by atoms with Crippen LogP contribution in [0.15, 0.2) is 18.2 Å². The number of hydrogen-bond acceptors (Lipinski definition) is 4. The number of carbonyl (C=O) groups excluding carboxylic acids is 1. The summed E-state index contributed by atoms with van der Waals surface area (Å²) in [5.41, 5.74) is 0.254. The van der Waals surface area contributed by atoms with Crippen LogP contribution in [0.25, 0.3) is 0 Å². The molecule has 0 aliphatic heterocycles. The number of ether oxygens (including phenoxy) is 1. The highest BCUT2D eigenvalue weighted by Gasteiger charge is 2.18. The van der Waals surface area contributed by atoms with Crippen LogP contribution in [0.1, 0.15) is 30.1 Å². The van der Waals surface area contributed by atoms with Crippen molar-refractivity contribution in [1.82, 2.24) is 5.32 Å². The lowest BCUT2D eigenvalue weighted by molar-refractivity contribution is -0.141. The number of hydrogen-bond donors (Lipinski definition) is 3. The van der Waals surface area contributed by atoms with Crippen molar-refractivity contribution in [2.45, 2.75) is 19.8 Å². The van der Waals surface area contributed by atoms with Gasteiger partial charge in [-0.2, -0.15) is 0 Å². The lowest BCUT2D eigenvalue weighted by Crippen LogP contribution is -2.32. The Bertz CT molecular complexity index is 486. The Labute approximate surface area is 117 Å². The number of benzene rings is 1. The lowest BCUT2D eigenvalue weighted by atomic mass is 10.0. The van der Waals surface area contributed by atoms with Gasteiger partial charge in [-0.15, -0.1) is 0 Å². The number of rotatable bonds is 7. The van der Waals surface area contributed by atoms with Gasteiger partial charge in [0.2, 0.25) is 0 Å². The van der Waals surface area contributed by atoms with Gasteiger partial charge in [-0.1, -0.05) is 13.3 Å². The molecule has 1 atom stereocenters. The molecule has 6 heteroatoms. The molecule has 110 valence electrons. The first-order chi connectivity index (χ1) is 9.49. The van der Waals surface area contributed by atoms with Crippen LogP contribution < -0.4 is 10.1 Å². The Morgan fingerprint density at radius 3 is 2.60 bits per heavy atom. The molecule has 0 saturated carbocycles. The molecular formula is C14H19NO5. The monoisotopic (exact) mass is 281 g/mol. The Morgan fingerprint density at radius 2 is 2.10 bits per heavy atom. The molecule has 0 aliphatic carbocycles. The fraction of sp³-hybridized carbons (Fsp3) is 0.429. The van der Waals surface area contributed by atoms with E-state index in [4.69, 9.17) is 9.84 Å². The van der Waals surface area contributed by atoms with Gasteiger partial charge in [-0.05, 0) is 24.6 Å². The van der Waals surface area contributed by atoms with E-state index in [1.54, 1.807) is 0 Å². The zero-order valence-corrected chi connectivity index (χ0v) is 11.5. The van der Waals surface area contributed by atoms with Crippen LogP contribution >= 0.6 is 0 Å². The van der Waals surface area contributed by atoms with Crippen LogP contribution in [0.3, 0.4) is 0 Å². The van der Waals surface area contributed by atoms with Crippen molar-refractivity contribution in [3.63, 3.8) is 0 Å². The van der Waals surface area contributed by atoms with E-state index in [0.29, 0.717) is 6.42 Å². The number of carboxylic acid groups (broad SMARTS) is 1. The number of nitrogens with one attached hydrogen (secondary N) is 1. The van der Waals surface area contributed by atoms with Gasteiger partial charge < -0.3 is 20.3 Å². The number of phenolic OH excluding ortho intramolecular Hbond substituents is 1. The third-order valence-corrected chi connectivity index (χ3v) is 2.94. The summed E-state index contributed by atoms with van der Waals surface area (Å²) in [6.45, 7) is 1.95. The van der Waals surface area contributed by atoms with Gasteiger partial charge in [-0.3, -0.25) is 9.59 Å². The first-order valence-corrected chi connectivity index (χ1v) is 6.37. The molecule has 1 rings (SSSR count). The van der Waals surface area contributed by atoms with E-state index in [0.717, 1.165) is 6.42 Å². The van der Waals surface area contributed by atoms with Crippen molar-refractivity contribution in [2.75, 3.05) is 13.7 Å². The highest BCUT2D eigenvalue weighted by Crippen LogP contribution is 2.26. The minimum absolute atomic E-state index is 0.0643. The number of phenols is 1. The molecule has 6 nitrogen and oxygen atoms in total. The summed E-state index contributed by atoms with van der Waals surface area (Å²) in [6, 6.07) is 4.26. The third kappa shape index (κ3) is 4.15. The minimum atomic E-state index is -0.926. The van der Waals surface area contributed by atoms with Crippen molar-refractivity contribution < 1.29 is 24.5 Å². The van der Waals surface area contributed by atoms with Crippen LogP contribution in [-0.4, -0.2) is 35.7 Å². The van der Waals surface area contributed by atoms with Crippen LogP contribution in [0.5, 0.6) is 11.5 Å². The highest BCUT2D eigenvalue weighted by molar-refractivity contribution is 5.95. The van der Waals surface area contributed by atoms with Crippen molar-refractivity contribution in [2.24, 2.45) is 5.92 Å². The Kier molecular flexibility index (Phi) is 5.83. The topological polar surface area (TPSA) is 95.9 Å². The molecule has 0 fully saturated rings. The smallest absolute Gasteiger partial charge is 0.308 e. The SMILES string of the molecule is CCCC(CNC(=O)c1ccc(OC)c(O)c1)C(=O)O. The second kappa shape index (κ2) is 7.37. The molecule has 1 amide bonds. The second-order valence-corrected chi connectivity index (χ2v) is 4.42. The van der Waals surface area contributed by atoms with Gasteiger partial charge in [0.15, 0.2) is 11.5 Å². The Morgan fingerprint density at radius 1 is 1.40 bits per heavy atom. The zero-order valence-electron chi connectivity index (χ0n) is 11.5. The molecule has 0 saturated heterocycles. The number of carboxylic acids is 1. The summed E-state index contributed by atoms with van der Waals surface area (Å²) in [7, 11) is 1.41. The molecule has 0 spiro atoms. The number of aliphatic carboxylic acids is 1. The molecular weight excluding hydrogens is 262 g/mol. The minimum Gasteiger partial charge on any atom is -0.504 e. The number of aromatic hydroxyl groups is 1. The van der Waals surface area contributed by atoms with Gasteiger partial charge in [-0.25, -0.2) is 0 Å². The summed E-state index contributed by atoms with van der Waals surface area (Å²) in [4.78, 5) is 22.8. The van der Waals surface area contributed by atoms with Crippen LogP contribution in [0, 0.1) is 5.92 Å². The van der Waals surface area contributed by atoms with Crippen LogP contribution in [0.2, 0.25) is 0 Å². The molecule has 1 unspecified atom stereocenters. The van der Waals surface area contributed by atoms with E-state index in [-0.39, 0.29) is 23.6 Å². The quantitative estimate of drug-likeness (QED) is 0.706. The van der Waals surface area contributed by atoms with E-state index < -0.39 is 17.8 Å². The molecule has 0 heterocycles. The standard InChI is InChI=1S/C14H19NO5/c1-3-4-10(14(18)19)8-15-13(17)9-5-6-12(20-2)11(16)7-9/h5-7,10,16H,3-4,8H2,1-2H3,(H,15,17)(H,18,19). The van der Waals surface area contributed by atoms with Crippen molar-refractivity contribution >= 4 is 11.9 Å². The Balaban J connectivity index is 2.66. The number of carbonyl (C=O) groups is 2. The van der Waals surface area contributed by atoms with Crippen molar-refractivity contribution in [3.05, 3.63) is 23.8 Å². The highest BCUT2D eigenvalue weighted by atomic mass is 16.5. The summed E-state index contributed by atoms with van der Waals surface area (Å²) in [6.07, 6.45) is 1.24. The van der Waals surface area contributed by atoms with Crippen LogP contribution in [-0.2, 0) is 4.79 Å². The van der Waals surface area contributed by atoms with E-state index >= 15 is 0 Å². The van der Waals surface area contributed by atoms with Gasteiger partial charge in [0.05, 0.1) is 13.0 Å². The first kappa shape index (κ1) is 15.8. The first-order valence-electron chi connectivity index (χ1n) is 6.37. The predicted octanol–water partition coefficient (Wildman–Crippen LogP) is 1.63. The van der Waals surface area contributed by atoms with E-state index in [1.807, 2.05) is 6.92 Å². The normalized spacial score (nSPS) is 11.7. The maximum Gasteiger partial charge on any atom is 0.308 e. The van der Waals surface area contributed by atoms with E-state index in [9.17, 15) is 14.7 Å². The second-order valence-electron chi connectivity index (χ2n) is 4.42. The average Bonchev–Trinajstić information content (AvgIpc) is 2.42. The van der Waals surface area contributed by atoms with E-state index in [2.05, 4.69) is 5.32 Å². The fourth-order valence-corrected chi connectivity index (χ4v) is 1.81. The lowest BCUT2D eigenvalue weighted by Gasteiger charge is -2.12. The molecule has 1 aromatic rings. The van der Waals surface area contributed by atoms with Gasteiger partial charge in [0.25, 0.3) is 5.91 Å². The van der Waals surface area contributed by atoms with E-state index in [1.165, 1.54) is 25.3 Å². The molecule has 0 bridgehead atoms. The van der Waals surface area contributed by atoms with Gasteiger partial charge in [0, 0.05) is 12.1 Å². The molecule has 0 aliphatic rings. The van der Waals surface area contributed by atoms with Crippen molar-refractivity contribution in [3.8, 4) is 11.5 Å². The molecule has 3 N–H and O–H groups in total. The van der Waals surface area contributed by atoms with Crippen molar-refractivity contribution in [1.29, 1.82) is 0 Å². The summed E-state index contributed by atoms with van der Waals surface area (Å²) in [5.74, 6) is -1.81. The number of amides is 1. The predicted molar refractivity (Wildman–Crippen MR) is 73.0 cm³/mol. The van der Waals surface area contributed by atoms with Gasteiger partial charge >= 0.3 is 5.97 Å². The maximum absolute atomic E-state index is 11.9. The summed E-state index contributed by atoms with van der Waals surface area (Å²) in [5, 5.41) is 21.1. The summed E-state index contributed by atoms with van der Waals surface area (Å²) < 4.78 is 4.88. The molecule has 0 aromatic heterocycles. The fourth-order valence-electron chi connectivity index (χ4n) is 1.81. The molecule has 0 radical (unpaired) electrons. The summed E-state index contributed by atoms with van der Waals surface area (Å²) >= 11 is 0. The largest absolute Gasteiger partial charge is 0.504 e. The number of methoxy groups -OCH3 is 1. The van der Waals surface area contributed by atoms with Gasteiger partial charge in [0.1, 0.15) is 0 Å². The average molecular weight is 281 g/mol. The Hall–Kier alpha value is -2.24. The molecule has 20 heavy (non-hydrogen) atoms. The zero-order chi connectivity index (χ0) is 15.1. The molecule has 1 aromatic carbocycles. The maximum atomic E-state index is 11.9. The third-order valence-electron chi connectivity index (χ3n) is 2.94. The van der Waals surface area contributed by atoms with Crippen LogP contribution in [0.4, 0.5) is 0 Å².